The largest absolute Gasteiger partial charge is 0.352 e. The van der Waals surface area contributed by atoms with Crippen molar-refractivity contribution in [3.05, 3.63) is 65.7 Å². The van der Waals surface area contributed by atoms with Crippen LogP contribution in [-0.4, -0.2) is 24.3 Å². The molecule has 2 aromatic carbocycles. The Morgan fingerprint density at radius 1 is 1.00 bits per heavy atom. The highest BCUT2D eigenvalue weighted by Crippen LogP contribution is 2.30. The number of carbonyl (C=O) groups is 3. The fourth-order valence-corrected chi connectivity index (χ4v) is 2.98. The van der Waals surface area contributed by atoms with E-state index in [0.29, 0.717) is 24.9 Å². The van der Waals surface area contributed by atoms with Gasteiger partial charge in [-0.15, -0.1) is 0 Å². The van der Waals surface area contributed by atoms with Gasteiger partial charge in [-0.1, -0.05) is 30.3 Å². The maximum absolute atomic E-state index is 12.2. The summed E-state index contributed by atoms with van der Waals surface area (Å²) in [5.41, 5.74) is 2.36. The lowest BCUT2D eigenvalue weighted by molar-refractivity contribution is -0.121. The Balaban J connectivity index is 1.36. The van der Waals surface area contributed by atoms with Crippen LogP contribution in [0.5, 0.6) is 0 Å². The molecular formula is C23H27N3O3. The molecule has 3 amide bonds. The number of amides is 3. The molecule has 3 N–H and O–H groups in total. The van der Waals surface area contributed by atoms with Crippen LogP contribution in [0.1, 0.15) is 54.6 Å². The molecule has 0 aliphatic heterocycles. The first-order chi connectivity index (χ1) is 14.0. The molecule has 0 spiro atoms. The predicted molar refractivity (Wildman–Crippen MR) is 112 cm³/mol. The van der Waals surface area contributed by atoms with E-state index < -0.39 is 0 Å². The summed E-state index contributed by atoms with van der Waals surface area (Å²) in [4.78, 5) is 35.9. The Kier molecular flexibility index (Phi) is 7.00. The summed E-state index contributed by atoms with van der Waals surface area (Å²) in [6, 6.07) is 16.4. The predicted octanol–water partition coefficient (Wildman–Crippen LogP) is 3.42. The van der Waals surface area contributed by atoms with Gasteiger partial charge in [0.2, 0.25) is 11.8 Å². The van der Waals surface area contributed by atoms with E-state index in [4.69, 9.17) is 0 Å². The number of anilines is 1. The van der Waals surface area contributed by atoms with Crippen molar-refractivity contribution in [3.63, 3.8) is 0 Å². The van der Waals surface area contributed by atoms with E-state index in [9.17, 15) is 14.4 Å². The Bertz CT molecular complexity index is 845. The van der Waals surface area contributed by atoms with Crippen LogP contribution < -0.4 is 16.0 Å². The molecule has 152 valence electrons. The summed E-state index contributed by atoms with van der Waals surface area (Å²) in [6.45, 7) is 2.37. The molecule has 1 saturated carbocycles. The molecule has 6 nitrogen and oxygen atoms in total. The maximum Gasteiger partial charge on any atom is 0.251 e. The van der Waals surface area contributed by atoms with Gasteiger partial charge in [0, 0.05) is 30.1 Å². The molecule has 1 aliphatic carbocycles. The fourth-order valence-electron chi connectivity index (χ4n) is 2.98. The first-order valence-corrected chi connectivity index (χ1v) is 10.1. The Morgan fingerprint density at radius 3 is 2.34 bits per heavy atom. The van der Waals surface area contributed by atoms with Crippen LogP contribution in [0.3, 0.4) is 0 Å². The van der Waals surface area contributed by atoms with Gasteiger partial charge < -0.3 is 16.0 Å². The van der Waals surface area contributed by atoms with Crippen molar-refractivity contribution in [1.82, 2.24) is 10.6 Å². The van der Waals surface area contributed by atoms with Crippen LogP contribution in [0.2, 0.25) is 0 Å². The van der Waals surface area contributed by atoms with Gasteiger partial charge in [-0.25, -0.2) is 0 Å². The molecule has 0 heterocycles. The molecule has 3 rings (SSSR count). The SMILES string of the molecule is CC(NC(=O)CCCNC(=O)c1ccccc1)c1ccc(NC(=O)C2CC2)cc1. The number of carbonyl (C=O) groups excluding carboxylic acids is 3. The standard InChI is InChI=1S/C23H27N3O3/c1-16(17-11-13-20(14-12-17)26-23(29)19-9-10-19)25-21(27)8-5-15-24-22(28)18-6-3-2-4-7-18/h2-4,6-7,11-14,16,19H,5,8-10,15H2,1H3,(H,24,28)(H,25,27)(H,26,29). The van der Waals surface area contributed by atoms with E-state index in [1.807, 2.05) is 49.4 Å². The van der Waals surface area contributed by atoms with Crippen molar-refractivity contribution in [3.8, 4) is 0 Å². The van der Waals surface area contributed by atoms with Crippen molar-refractivity contribution in [1.29, 1.82) is 0 Å². The van der Waals surface area contributed by atoms with Gasteiger partial charge in [0.05, 0.1) is 6.04 Å². The summed E-state index contributed by atoms with van der Waals surface area (Å²) >= 11 is 0. The molecule has 2 aromatic rings. The highest BCUT2D eigenvalue weighted by atomic mass is 16.2. The fraction of sp³-hybridized carbons (Fsp3) is 0.348. The molecule has 0 saturated heterocycles. The van der Waals surface area contributed by atoms with Gasteiger partial charge in [-0.05, 0) is 56.0 Å². The van der Waals surface area contributed by atoms with Crippen molar-refractivity contribution in [2.45, 2.75) is 38.6 Å². The zero-order valence-electron chi connectivity index (χ0n) is 16.6. The van der Waals surface area contributed by atoms with Crippen molar-refractivity contribution in [2.75, 3.05) is 11.9 Å². The average Bonchev–Trinajstić information content (AvgIpc) is 3.57. The normalized spacial score (nSPS) is 14.0. The Hall–Kier alpha value is -3.15. The van der Waals surface area contributed by atoms with E-state index in [1.54, 1.807) is 12.1 Å². The monoisotopic (exact) mass is 393 g/mol. The first kappa shape index (κ1) is 20.6. The van der Waals surface area contributed by atoms with Gasteiger partial charge in [0.1, 0.15) is 0 Å². The molecule has 1 atom stereocenters. The molecular weight excluding hydrogens is 366 g/mol. The van der Waals surface area contributed by atoms with Gasteiger partial charge in [0.25, 0.3) is 5.91 Å². The van der Waals surface area contributed by atoms with E-state index in [-0.39, 0.29) is 29.7 Å². The average molecular weight is 393 g/mol. The Labute approximate surface area is 171 Å². The number of hydrogen-bond donors (Lipinski definition) is 3. The molecule has 1 aliphatic rings. The second kappa shape index (κ2) is 9.87. The van der Waals surface area contributed by atoms with Gasteiger partial charge in [-0.2, -0.15) is 0 Å². The molecule has 1 unspecified atom stereocenters. The van der Waals surface area contributed by atoms with Crippen molar-refractivity contribution < 1.29 is 14.4 Å². The van der Waals surface area contributed by atoms with Crippen molar-refractivity contribution in [2.24, 2.45) is 5.92 Å². The summed E-state index contributed by atoms with van der Waals surface area (Å²) < 4.78 is 0. The molecule has 29 heavy (non-hydrogen) atoms. The highest BCUT2D eigenvalue weighted by Gasteiger charge is 2.29. The van der Waals surface area contributed by atoms with Crippen LogP contribution in [0.25, 0.3) is 0 Å². The van der Waals surface area contributed by atoms with E-state index in [0.717, 1.165) is 24.1 Å². The van der Waals surface area contributed by atoms with Crippen LogP contribution >= 0.6 is 0 Å². The minimum Gasteiger partial charge on any atom is -0.352 e. The van der Waals surface area contributed by atoms with E-state index in [2.05, 4.69) is 16.0 Å². The highest BCUT2D eigenvalue weighted by molar-refractivity contribution is 5.94. The molecule has 0 radical (unpaired) electrons. The van der Waals surface area contributed by atoms with Crippen LogP contribution in [0.4, 0.5) is 5.69 Å². The lowest BCUT2D eigenvalue weighted by Gasteiger charge is -2.15. The second-order valence-electron chi connectivity index (χ2n) is 7.40. The topological polar surface area (TPSA) is 87.3 Å². The summed E-state index contributed by atoms with van der Waals surface area (Å²) in [7, 11) is 0. The van der Waals surface area contributed by atoms with Crippen LogP contribution in [0, 0.1) is 5.92 Å². The molecule has 1 fully saturated rings. The lowest BCUT2D eigenvalue weighted by Crippen LogP contribution is -2.29. The third-order valence-corrected chi connectivity index (χ3v) is 4.91. The van der Waals surface area contributed by atoms with E-state index in [1.165, 1.54) is 0 Å². The first-order valence-electron chi connectivity index (χ1n) is 10.1. The summed E-state index contributed by atoms with van der Waals surface area (Å²) in [5.74, 6) is 0.0645. The molecule has 0 aromatic heterocycles. The number of benzene rings is 2. The number of nitrogens with one attached hydrogen (secondary N) is 3. The Morgan fingerprint density at radius 2 is 1.69 bits per heavy atom. The molecule has 0 bridgehead atoms. The second-order valence-corrected chi connectivity index (χ2v) is 7.40. The quantitative estimate of drug-likeness (QED) is 0.571. The minimum absolute atomic E-state index is 0.0578. The number of hydrogen-bond acceptors (Lipinski definition) is 3. The third kappa shape index (κ3) is 6.45. The zero-order valence-corrected chi connectivity index (χ0v) is 16.6. The molecule has 6 heteroatoms. The smallest absolute Gasteiger partial charge is 0.251 e. The van der Waals surface area contributed by atoms with Crippen LogP contribution in [-0.2, 0) is 9.59 Å². The zero-order chi connectivity index (χ0) is 20.6. The summed E-state index contributed by atoms with van der Waals surface area (Å²) in [6.07, 6.45) is 2.87. The summed E-state index contributed by atoms with van der Waals surface area (Å²) in [5, 5.41) is 8.69. The third-order valence-electron chi connectivity index (χ3n) is 4.91. The number of rotatable bonds is 9. The van der Waals surface area contributed by atoms with E-state index >= 15 is 0 Å². The van der Waals surface area contributed by atoms with Gasteiger partial charge in [0.15, 0.2) is 0 Å². The van der Waals surface area contributed by atoms with Crippen LogP contribution in [0.15, 0.2) is 54.6 Å². The van der Waals surface area contributed by atoms with Gasteiger partial charge >= 0.3 is 0 Å². The maximum atomic E-state index is 12.2. The minimum atomic E-state index is -0.131. The lowest BCUT2D eigenvalue weighted by atomic mass is 10.1. The van der Waals surface area contributed by atoms with Crippen molar-refractivity contribution >= 4 is 23.4 Å². The van der Waals surface area contributed by atoms with Gasteiger partial charge in [-0.3, -0.25) is 14.4 Å².